The second-order valence-electron chi connectivity index (χ2n) is 4.86. The van der Waals surface area contributed by atoms with Gasteiger partial charge in [0.15, 0.2) is 5.78 Å². The maximum Gasteiger partial charge on any atom is 0.156 e. The van der Waals surface area contributed by atoms with Crippen molar-refractivity contribution in [3.8, 4) is 0 Å². The largest absolute Gasteiger partial charge is 0.303 e. The third-order valence-electron chi connectivity index (χ3n) is 3.38. The van der Waals surface area contributed by atoms with Gasteiger partial charge in [-0.05, 0) is 37.6 Å². The van der Waals surface area contributed by atoms with E-state index in [9.17, 15) is 4.79 Å². The molecule has 0 aliphatic carbocycles. The molecule has 0 saturated carbocycles. The Morgan fingerprint density at radius 2 is 1.83 bits per heavy atom. The number of benzene rings is 1. The molecule has 0 aromatic heterocycles. The number of hydrogen-bond acceptors (Lipinski definition) is 2. The molecule has 0 unspecified atom stereocenters. The van der Waals surface area contributed by atoms with Gasteiger partial charge in [0, 0.05) is 13.0 Å². The summed E-state index contributed by atoms with van der Waals surface area (Å²) in [5, 5.41) is 0. The van der Waals surface area contributed by atoms with Crippen LogP contribution in [0, 0.1) is 0 Å². The minimum Gasteiger partial charge on any atom is -0.303 e. The number of carbonyl (C=O) groups is 1. The van der Waals surface area contributed by atoms with E-state index in [4.69, 9.17) is 0 Å². The monoisotopic (exact) mass is 243 g/mol. The number of carbonyl (C=O) groups excluding carboxylic acids is 1. The Balaban J connectivity index is 1.73. The van der Waals surface area contributed by atoms with Gasteiger partial charge < -0.3 is 4.90 Å². The number of hydrogen-bond donors (Lipinski definition) is 0. The molecule has 2 rings (SSSR count). The van der Waals surface area contributed by atoms with Gasteiger partial charge in [-0.3, -0.25) is 4.79 Å². The van der Waals surface area contributed by atoms with Crippen LogP contribution in [0.5, 0.6) is 0 Å². The summed E-state index contributed by atoms with van der Waals surface area (Å²) in [5.41, 5.74) is 1.09. The normalized spacial score (nSPS) is 17.1. The van der Waals surface area contributed by atoms with E-state index in [0.29, 0.717) is 6.42 Å². The van der Waals surface area contributed by atoms with Crippen LogP contribution < -0.4 is 0 Å². The summed E-state index contributed by atoms with van der Waals surface area (Å²) < 4.78 is 0. The number of likely N-dealkylation sites (tertiary alicyclic amines) is 1. The highest BCUT2D eigenvalue weighted by atomic mass is 16.1. The average Bonchev–Trinajstić information content (AvgIpc) is 2.45. The molecule has 0 atom stereocenters. The lowest BCUT2D eigenvalue weighted by Crippen LogP contribution is -2.31. The van der Waals surface area contributed by atoms with E-state index in [1.54, 1.807) is 6.08 Å². The first-order valence-electron chi connectivity index (χ1n) is 6.83. The van der Waals surface area contributed by atoms with Crippen LogP contribution in [0.15, 0.2) is 36.4 Å². The number of piperidine rings is 1. The number of allylic oxidation sites excluding steroid dienone is 1. The van der Waals surface area contributed by atoms with Crippen molar-refractivity contribution < 1.29 is 4.79 Å². The van der Waals surface area contributed by atoms with Gasteiger partial charge in [0.05, 0.1) is 0 Å². The lowest BCUT2D eigenvalue weighted by atomic mass is 10.1. The number of nitrogens with zero attached hydrogens (tertiary/aromatic N) is 1. The molecule has 0 spiro atoms. The predicted octanol–water partition coefficient (Wildman–Crippen LogP) is 3.14. The number of ketones is 1. The molecule has 1 heterocycles. The standard InChI is InChI=1S/C16H21NO/c18-16(10-9-15-7-3-1-4-8-15)11-14-17-12-5-2-6-13-17/h1,3-4,7-10H,2,5-6,11-14H2/b10-9-. The summed E-state index contributed by atoms with van der Waals surface area (Å²) >= 11 is 0. The summed E-state index contributed by atoms with van der Waals surface area (Å²) in [7, 11) is 0. The summed E-state index contributed by atoms with van der Waals surface area (Å²) in [6.07, 6.45) is 8.17. The Bertz CT molecular complexity index is 391. The topological polar surface area (TPSA) is 20.3 Å². The van der Waals surface area contributed by atoms with Crippen LogP contribution in [0.1, 0.15) is 31.2 Å². The maximum absolute atomic E-state index is 11.7. The molecule has 1 aromatic rings. The van der Waals surface area contributed by atoms with Crippen LogP contribution in [0.2, 0.25) is 0 Å². The van der Waals surface area contributed by atoms with Gasteiger partial charge in [-0.1, -0.05) is 42.8 Å². The fourth-order valence-electron chi connectivity index (χ4n) is 2.29. The molecule has 1 aromatic carbocycles. The molecule has 1 saturated heterocycles. The van der Waals surface area contributed by atoms with Crippen LogP contribution in [-0.4, -0.2) is 30.3 Å². The molecule has 2 heteroatoms. The Kier molecular flexibility index (Phi) is 5.15. The van der Waals surface area contributed by atoms with Crippen molar-refractivity contribution in [3.63, 3.8) is 0 Å². The SMILES string of the molecule is O=C(/C=C\c1ccccc1)CCN1CCCCC1. The molecule has 0 amide bonds. The molecule has 18 heavy (non-hydrogen) atoms. The maximum atomic E-state index is 11.7. The molecule has 1 aliphatic heterocycles. The van der Waals surface area contributed by atoms with Crippen molar-refractivity contribution in [2.45, 2.75) is 25.7 Å². The minimum absolute atomic E-state index is 0.226. The Morgan fingerprint density at radius 3 is 2.56 bits per heavy atom. The average molecular weight is 243 g/mol. The van der Waals surface area contributed by atoms with Crippen molar-refractivity contribution in [2.75, 3.05) is 19.6 Å². The summed E-state index contributed by atoms with van der Waals surface area (Å²) in [6, 6.07) is 9.97. The molecule has 1 aliphatic rings. The van der Waals surface area contributed by atoms with Gasteiger partial charge >= 0.3 is 0 Å². The Morgan fingerprint density at radius 1 is 1.11 bits per heavy atom. The number of rotatable bonds is 5. The summed E-state index contributed by atoms with van der Waals surface area (Å²) in [5.74, 6) is 0.226. The zero-order valence-electron chi connectivity index (χ0n) is 10.8. The first-order valence-corrected chi connectivity index (χ1v) is 6.83. The van der Waals surface area contributed by atoms with E-state index >= 15 is 0 Å². The lowest BCUT2D eigenvalue weighted by molar-refractivity contribution is -0.114. The van der Waals surface area contributed by atoms with Gasteiger partial charge in [0.2, 0.25) is 0 Å². The molecule has 96 valence electrons. The third-order valence-corrected chi connectivity index (χ3v) is 3.38. The van der Waals surface area contributed by atoms with Crippen molar-refractivity contribution >= 4 is 11.9 Å². The molecular weight excluding hydrogens is 222 g/mol. The zero-order valence-corrected chi connectivity index (χ0v) is 10.8. The van der Waals surface area contributed by atoms with Gasteiger partial charge in [0.1, 0.15) is 0 Å². The zero-order chi connectivity index (χ0) is 12.6. The van der Waals surface area contributed by atoms with Crippen LogP contribution in [0.25, 0.3) is 6.08 Å². The molecule has 2 nitrogen and oxygen atoms in total. The van der Waals surface area contributed by atoms with E-state index in [2.05, 4.69) is 4.90 Å². The van der Waals surface area contributed by atoms with Crippen molar-refractivity contribution in [1.82, 2.24) is 4.90 Å². The highest BCUT2D eigenvalue weighted by molar-refractivity contribution is 5.93. The first-order chi connectivity index (χ1) is 8.84. The molecule has 0 N–H and O–H groups in total. The molecule has 0 bridgehead atoms. The van der Waals surface area contributed by atoms with E-state index in [1.165, 1.54) is 19.3 Å². The Labute approximate surface area is 109 Å². The van der Waals surface area contributed by atoms with Crippen molar-refractivity contribution in [2.24, 2.45) is 0 Å². The van der Waals surface area contributed by atoms with Gasteiger partial charge in [-0.2, -0.15) is 0 Å². The van der Waals surface area contributed by atoms with E-state index in [0.717, 1.165) is 25.2 Å². The Hall–Kier alpha value is -1.41. The van der Waals surface area contributed by atoms with Crippen molar-refractivity contribution in [1.29, 1.82) is 0 Å². The van der Waals surface area contributed by atoms with Crippen LogP contribution >= 0.6 is 0 Å². The quantitative estimate of drug-likeness (QED) is 0.740. The highest BCUT2D eigenvalue weighted by Gasteiger charge is 2.10. The van der Waals surface area contributed by atoms with Crippen LogP contribution in [0.3, 0.4) is 0 Å². The molecular formula is C16H21NO. The first kappa shape index (κ1) is 13.0. The third kappa shape index (κ3) is 4.46. The van der Waals surface area contributed by atoms with E-state index in [-0.39, 0.29) is 5.78 Å². The molecule has 1 fully saturated rings. The second-order valence-corrected chi connectivity index (χ2v) is 4.86. The summed E-state index contributed by atoms with van der Waals surface area (Å²) in [4.78, 5) is 14.1. The second kappa shape index (κ2) is 7.12. The van der Waals surface area contributed by atoms with Crippen LogP contribution in [0.4, 0.5) is 0 Å². The fourth-order valence-corrected chi connectivity index (χ4v) is 2.29. The summed E-state index contributed by atoms with van der Waals surface area (Å²) in [6.45, 7) is 3.24. The minimum atomic E-state index is 0.226. The van der Waals surface area contributed by atoms with Gasteiger partial charge in [0.25, 0.3) is 0 Å². The lowest BCUT2D eigenvalue weighted by Gasteiger charge is -2.25. The van der Waals surface area contributed by atoms with Gasteiger partial charge in [-0.25, -0.2) is 0 Å². The fraction of sp³-hybridized carbons (Fsp3) is 0.438. The smallest absolute Gasteiger partial charge is 0.156 e. The van der Waals surface area contributed by atoms with Crippen molar-refractivity contribution in [3.05, 3.63) is 42.0 Å². The van der Waals surface area contributed by atoms with E-state index < -0.39 is 0 Å². The highest BCUT2D eigenvalue weighted by Crippen LogP contribution is 2.09. The molecule has 0 radical (unpaired) electrons. The predicted molar refractivity (Wildman–Crippen MR) is 75.4 cm³/mol. The van der Waals surface area contributed by atoms with E-state index in [1.807, 2.05) is 36.4 Å². The van der Waals surface area contributed by atoms with Crippen LogP contribution in [-0.2, 0) is 4.79 Å². The van der Waals surface area contributed by atoms with Gasteiger partial charge in [-0.15, -0.1) is 0 Å².